The molecule has 72 valence electrons. The molecule has 0 saturated heterocycles. The van der Waals surface area contributed by atoms with Gasteiger partial charge in [0.25, 0.3) is 0 Å². The molecule has 0 aromatic carbocycles. The van der Waals surface area contributed by atoms with Crippen LogP contribution in [0.2, 0.25) is 0 Å². The summed E-state index contributed by atoms with van der Waals surface area (Å²) < 4.78 is 0. The van der Waals surface area contributed by atoms with Gasteiger partial charge >= 0.3 is 0 Å². The van der Waals surface area contributed by atoms with E-state index >= 15 is 0 Å². The molecule has 1 nitrogen and oxygen atoms in total. The third-order valence-electron chi connectivity index (χ3n) is 2.26. The average molecular weight is 169 g/mol. The first-order valence-corrected chi connectivity index (χ1v) is 4.86. The Kier molecular flexibility index (Phi) is 4.36. The molecule has 1 N–H and O–H groups in total. The summed E-state index contributed by atoms with van der Waals surface area (Å²) >= 11 is 0. The lowest BCUT2D eigenvalue weighted by Crippen LogP contribution is -2.38. The van der Waals surface area contributed by atoms with Gasteiger partial charge in [0, 0.05) is 11.7 Å². The molecule has 12 heavy (non-hydrogen) atoms. The predicted molar refractivity (Wildman–Crippen MR) is 56.1 cm³/mol. The molecule has 0 aromatic rings. The van der Waals surface area contributed by atoms with Gasteiger partial charge in [-0.3, -0.25) is 0 Å². The Labute approximate surface area is 77.2 Å². The maximum atomic E-state index is 3.96. The van der Waals surface area contributed by atoms with E-state index in [0.29, 0.717) is 11.5 Å². The summed E-state index contributed by atoms with van der Waals surface area (Å²) in [5, 5.41) is 3.46. The van der Waals surface area contributed by atoms with E-state index in [1.165, 1.54) is 0 Å². The van der Waals surface area contributed by atoms with Crippen LogP contribution in [0.25, 0.3) is 0 Å². The van der Waals surface area contributed by atoms with E-state index in [9.17, 15) is 0 Å². The molecule has 0 aliphatic carbocycles. The Balaban J connectivity index is 4.09. The van der Waals surface area contributed by atoms with Gasteiger partial charge in [-0.15, -0.1) is 0 Å². The van der Waals surface area contributed by atoms with E-state index < -0.39 is 0 Å². The Hall–Kier alpha value is -0.460. The molecule has 0 rings (SSSR count). The van der Waals surface area contributed by atoms with Crippen molar-refractivity contribution in [3.8, 4) is 0 Å². The summed E-state index contributed by atoms with van der Waals surface area (Å²) in [7, 11) is 0. The predicted octanol–water partition coefficient (Wildman–Crippen LogP) is 3.32. The number of allylic oxidation sites excluding steroid dienone is 1. The van der Waals surface area contributed by atoms with Crippen LogP contribution in [0.3, 0.4) is 0 Å². The zero-order valence-corrected chi connectivity index (χ0v) is 9.20. The Morgan fingerprint density at radius 2 is 1.83 bits per heavy atom. The average Bonchev–Trinajstić information content (AvgIpc) is 1.97. The molecule has 0 radical (unpaired) electrons. The molecule has 0 aromatic heterocycles. The van der Waals surface area contributed by atoms with Crippen LogP contribution in [0.15, 0.2) is 12.3 Å². The summed E-state index contributed by atoms with van der Waals surface area (Å²) in [6, 6.07) is 0.546. The molecule has 0 heterocycles. The molecule has 0 aliphatic rings. The molecule has 0 amide bonds. The van der Waals surface area contributed by atoms with E-state index in [1.807, 2.05) is 0 Å². The van der Waals surface area contributed by atoms with Gasteiger partial charge in [-0.1, -0.05) is 41.2 Å². The van der Waals surface area contributed by atoms with Crippen molar-refractivity contribution in [3.63, 3.8) is 0 Å². The van der Waals surface area contributed by atoms with Gasteiger partial charge in [0.2, 0.25) is 0 Å². The minimum atomic E-state index is 0.326. The van der Waals surface area contributed by atoms with Crippen LogP contribution >= 0.6 is 0 Å². The highest BCUT2D eigenvalue weighted by Crippen LogP contribution is 2.22. The minimum absolute atomic E-state index is 0.326. The minimum Gasteiger partial charge on any atom is -0.386 e. The van der Waals surface area contributed by atoms with E-state index in [0.717, 1.165) is 18.5 Å². The number of nitrogens with one attached hydrogen (secondary N) is 1. The fraction of sp³-hybridized carbons (Fsp3) is 0.818. The first-order chi connectivity index (χ1) is 5.41. The summed E-state index contributed by atoms with van der Waals surface area (Å²) in [5.41, 5.74) is 1.48. The molecule has 0 bridgehead atoms. The Bertz CT molecular complexity index is 142. The third kappa shape index (κ3) is 3.80. The van der Waals surface area contributed by atoms with Gasteiger partial charge in [0.1, 0.15) is 0 Å². The highest BCUT2D eigenvalue weighted by molar-refractivity contribution is 4.95. The summed E-state index contributed by atoms with van der Waals surface area (Å²) in [5.74, 6) is 0. The molecule has 0 saturated carbocycles. The number of hydrogen-bond donors (Lipinski definition) is 1. The van der Waals surface area contributed by atoms with Crippen LogP contribution in [-0.2, 0) is 0 Å². The van der Waals surface area contributed by atoms with Gasteiger partial charge in [0.05, 0.1) is 0 Å². The van der Waals surface area contributed by atoms with Crippen molar-refractivity contribution in [1.82, 2.24) is 5.32 Å². The third-order valence-corrected chi connectivity index (χ3v) is 2.26. The highest BCUT2D eigenvalue weighted by atomic mass is 14.9. The van der Waals surface area contributed by atoms with Gasteiger partial charge in [0.15, 0.2) is 0 Å². The molecular weight excluding hydrogens is 146 g/mol. The zero-order chi connectivity index (χ0) is 9.78. The van der Waals surface area contributed by atoms with Crippen molar-refractivity contribution in [2.75, 3.05) is 0 Å². The fourth-order valence-corrected chi connectivity index (χ4v) is 1.28. The summed E-state index contributed by atoms with van der Waals surface area (Å²) in [4.78, 5) is 0. The van der Waals surface area contributed by atoms with Gasteiger partial charge in [-0.05, 0) is 18.3 Å². The second-order valence-corrected chi connectivity index (χ2v) is 4.43. The second kappa shape index (κ2) is 4.54. The molecule has 1 unspecified atom stereocenters. The number of hydrogen-bond acceptors (Lipinski definition) is 1. The number of rotatable bonds is 4. The smallest absolute Gasteiger partial charge is 0.0303 e. The van der Waals surface area contributed by atoms with Crippen LogP contribution in [0.5, 0.6) is 0 Å². The first-order valence-electron chi connectivity index (χ1n) is 4.86. The van der Waals surface area contributed by atoms with Crippen molar-refractivity contribution in [3.05, 3.63) is 12.3 Å². The Morgan fingerprint density at radius 3 is 2.08 bits per heavy atom. The molecule has 0 aliphatic heterocycles. The molecule has 0 spiro atoms. The fourth-order valence-electron chi connectivity index (χ4n) is 1.28. The summed E-state index contributed by atoms with van der Waals surface area (Å²) in [6.45, 7) is 15.1. The van der Waals surface area contributed by atoms with Crippen LogP contribution < -0.4 is 5.32 Å². The van der Waals surface area contributed by atoms with Crippen molar-refractivity contribution in [2.45, 2.75) is 53.5 Å². The van der Waals surface area contributed by atoms with Gasteiger partial charge < -0.3 is 5.32 Å². The van der Waals surface area contributed by atoms with Gasteiger partial charge in [-0.2, -0.15) is 0 Å². The second-order valence-electron chi connectivity index (χ2n) is 4.43. The van der Waals surface area contributed by atoms with E-state index in [-0.39, 0.29) is 0 Å². The first kappa shape index (κ1) is 11.5. The molecule has 1 atom stereocenters. The van der Waals surface area contributed by atoms with Crippen LogP contribution in [0.4, 0.5) is 0 Å². The SMILES string of the molecule is C=C(CC)NC(CC)C(C)(C)C. The van der Waals surface area contributed by atoms with Crippen LogP contribution in [-0.4, -0.2) is 6.04 Å². The lowest BCUT2D eigenvalue weighted by molar-refractivity contribution is 0.275. The normalized spacial score (nSPS) is 14.1. The van der Waals surface area contributed by atoms with E-state index in [4.69, 9.17) is 0 Å². The van der Waals surface area contributed by atoms with Crippen LogP contribution in [0, 0.1) is 5.41 Å². The van der Waals surface area contributed by atoms with Gasteiger partial charge in [-0.25, -0.2) is 0 Å². The van der Waals surface area contributed by atoms with Crippen molar-refractivity contribution in [1.29, 1.82) is 0 Å². The molecular formula is C11H23N. The summed E-state index contributed by atoms with van der Waals surface area (Å²) in [6.07, 6.45) is 2.18. The van der Waals surface area contributed by atoms with E-state index in [1.54, 1.807) is 0 Å². The monoisotopic (exact) mass is 169 g/mol. The lowest BCUT2D eigenvalue weighted by atomic mass is 9.85. The topological polar surface area (TPSA) is 12.0 Å². The maximum Gasteiger partial charge on any atom is 0.0303 e. The van der Waals surface area contributed by atoms with E-state index in [2.05, 4.69) is 46.5 Å². The van der Waals surface area contributed by atoms with Crippen molar-refractivity contribution < 1.29 is 0 Å². The quantitative estimate of drug-likeness (QED) is 0.680. The van der Waals surface area contributed by atoms with Crippen LogP contribution in [0.1, 0.15) is 47.5 Å². The van der Waals surface area contributed by atoms with Crippen molar-refractivity contribution in [2.24, 2.45) is 5.41 Å². The zero-order valence-electron chi connectivity index (χ0n) is 9.20. The largest absolute Gasteiger partial charge is 0.386 e. The molecule has 0 fully saturated rings. The highest BCUT2D eigenvalue weighted by Gasteiger charge is 2.22. The Morgan fingerprint density at radius 1 is 1.33 bits per heavy atom. The standard InChI is InChI=1S/C11H23N/c1-7-9(3)12-10(8-2)11(4,5)6/h10,12H,3,7-8H2,1-2,4-6H3. The maximum absolute atomic E-state index is 3.96. The van der Waals surface area contributed by atoms with Crippen molar-refractivity contribution >= 4 is 0 Å². The lowest BCUT2D eigenvalue weighted by Gasteiger charge is -2.32. The molecule has 1 heteroatoms.